The third-order valence-electron chi connectivity index (χ3n) is 6.27. The Hall–Kier alpha value is -1.75. The lowest BCUT2D eigenvalue weighted by molar-refractivity contribution is -0.136. The molecule has 27 heavy (non-hydrogen) atoms. The molecule has 1 aliphatic carbocycles. The average Bonchev–Trinajstić information content (AvgIpc) is 3.07. The Morgan fingerprint density at radius 1 is 1.19 bits per heavy atom. The zero-order valence-electron chi connectivity index (χ0n) is 16.4. The van der Waals surface area contributed by atoms with Crippen LogP contribution in [0.3, 0.4) is 0 Å². The van der Waals surface area contributed by atoms with Crippen molar-refractivity contribution in [2.24, 2.45) is 5.92 Å². The highest BCUT2D eigenvalue weighted by Crippen LogP contribution is 2.46. The van der Waals surface area contributed by atoms with Crippen LogP contribution in [0.2, 0.25) is 0 Å². The van der Waals surface area contributed by atoms with Crippen molar-refractivity contribution in [1.82, 2.24) is 9.47 Å². The van der Waals surface area contributed by atoms with Crippen LogP contribution >= 0.6 is 11.8 Å². The average molecular weight is 385 g/mol. The zero-order chi connectivity index (χ0) is 19.1. The molecule has 1 fully saturated rings. The quantitative estimate of drug-likeness (QED) is 0.788. The summed E-state index contributed by atoms with van der Waals surface area (Å²) in [6.07, 6.45) is 7.22. The fourth-order valence-electron chi connectivity index (χ4n) is 5.12. The molecule has 144 valence electrons. The van der Waals surface area contributed by atoms with Gasteiger partial charge in [0.2, 0.25) is 11.8 Å². The second-order valence-electron chi connectivity index (χ2n) is 7.85. The first kappa shape index (κ1) is 18.6. The van der Waals surface area contributed by atoms with Gasteiger partial charge in [0, 0.05) is 42.9 Å². The number of carbonyl (C=O) groups is 2. The van der Waals surface area contributed by atoms with Crippen LogP contribution in [0.5, 0.6) is 0 Å². The molecule has 1 aliphatic heterocycles. The van der Waals surface area contributed by atoms with Crippen LogP contribution in [0, 0.1) is 5.92 Å². The topological polar surface area (TPSA) is 42.3 Å². The first-order valence-corrected chi connectivity index (χ1v) is 11.4. The molecule has 1 saturated heterocycles. The van der Waals surface area contributed by atoms with Crippen LogP contribution < -0.4 is 0 Å². The van der Waals surface area contributed by atoms with Crippen molar-refractivity contribution in [3.05, 3.63) is 35.5 Å². The van der Waals surface area contributed by atoms with Crippen LogP contribution in [0.1, 0.15) is 54.9 Å². The van der Waals surface area contributed by atoms with E-state index < -0.39 is 0 Å². The Morgan fingerprint density at radius 3 is 2.67 bits per heavy atom. The number of piperidine rings is 1. The van der Waals surface area contributed by atoms with Gasteiger partial charge >= 0.3 is 0 Å². The molecule has 0 N–H and O–H groups in total. The lowest BCUT2D eigenvalue weighted by Crippen LogP contribution is -2.52. The van der Waals surface area contributed by atoms with Crippen LogP contribution in [0.4, 0.5) is 0 Å². The van der Waals surface area contributed by atoms with E-state index in [1.807, 2.05) is 36.4 Å². The van der Waals surface area contributed by atoms with E-state index >= 15 is 0 Å². The molecule has 0 spiro atoms. The van der Waals surface area contributed by atoms with E-state index in [2.05, 4.69) is 29.4 Å². The summed E-state index contributed by atoms with van der Waals surface area (Å²) in [4.78, 5) is 27.3. The minimum absolute atomic E-state index is 0.134. The molecule has 1 aromatic heterocycles. The van der Waals surface area contributed by atoms with Gasteiger partial charge in [0.05, 0.1) is 5.52 Å². The maximum Gasteiger partial charge on any atom is 0.230 e. The number of thioether (sulfide) groups is 1. The van der Waals surface area contributed by atoms with Crippen LogP contribution in [-0.2, 0) is 11.2 Å². The molecule has 0 saturated carbocycles. The van der Waals surface area contributed by atoms with Crippen LogP contribution in [-0.4, -0.2) is 45.9 Å². The van der Waals surface area contributed by atoms with E-state index in [-0.39, 0.29) is 17.9 Å². The molecule has 1 amide bonds. The molecule has 1 aromatic carbocycles. The van der Waals surface area contributed by atoms with Gasteiger partial charge in [-0.2, -0.15) is 11.8 Å². The molecule has 2 aromatic rings. The number of carbonyl (C=O) groups excluding carboxylic acids is 2. The summed E-state index contributed by atoms with van der Waals surface area (Å²) < 4.78 is 1.83. The number of benzene rings is 1. The highest BCUT2D eigenvalue weighted by molar-refractivity contribution is 7.98. The van der Waals surface area contributed by atoms with E-state index in [0.29, 0.717) is 24.7 Å². The fourth-order valence-corrected chi connectivity index (χ4v) is 5.83. The SMILES string of the molecule is CCC(=O)N1CC(CSC)C[C@H]2c3cccc4c3c(cn4C(=O)CC)C[C@@H]21. The van der Waals surface area contributed by atoms with E-state index in [1.165, 1.54) is 16.5 Å². The lowest BCUT2D eigenvalue weighted by atomic mass is 9.72. The third-order valence-corrected chi connectivity index (χ3v) is 7.08. The second-order valence-corrected chi connectivity index (χ2v) is 8.76. The molecule has 0 bridgehead atoms. The summed E-state index contributed by atoms with van der Waals surface area (Å²) in [6.45, 7) is 4.74. The standard InChI is InChI=1S/C22H28N2O2S/c1-4-20(25)23-11-14(13-27-3)9-17-16-7-6-8-18-22(16)15(10-19(17)23)12-24(18)21(26)5-2/h6-8,12,14,17,19H,4-5,9-11,13H2,1-3H3/t14?,17-,19-/m0/s1. The summed E-state index contributed by atoms with van der Waals surface area (Å²) in [5.41, 5.74) is 3.59. The second kappa shape index (κ2) is 7.34. The molecular formula is C22H28N2O2S. The van der Waals surface area contributed by atoms with Crippen LogP contribution in [0.15, 0.2) is 24.4 Å². The Labute approximate surface area is 165 Å². The molecule has 0 radical (unpaired) electrons. The molecule has 4 nitrogen and oxygen atoms in total. The Bertz CT molecular complexity index is 888. The van der Waals surface area contributed by atoms with Crippen molar-refractivity contribution in [2.75, 3.05) is 18.6 Å². The van der Waals surface area contributed by atoms with Gasteiger partial charge in [-0.05, 0) is 48.0 Å². The Balaban J connectivity index is 1.83. The number of likely N-dealkylation sites (tertiary alicyclic amines) is 1. The number of hydrogen-bond acceptors (Lipinski definition) is 3. The summed E-state index contributed by atoms with van der Waals surface area (Å²) in [5.74, 6) is 2.39. The van der Waals surface area contributed by atoms with Gasteiger partial charge < -0.3 is 4.90 Å². The van der Waals surface area contributed by atoms with E-state index in [0.717, 1.165) is 30.7 Å². The fraction of sp³-hybridized carbons (Fsp3) is 0.545. The minimum atomic E-state index is 0.134. The van der Waals surface area contributed by atoms with E-state index in [4.69, 9.17) is 0 Å². The summed E-state index contributed by atoms with van der Waals surface area (Å²) >= 11 is 1.87. The number of rotatable bonds is 4. The van der Waals surface area contributed by atoms with Gasteiger partial charge in [-0.3, -0.25) is 14.2 Å². The van der Waals surface area contributed by atoms with Crippen molar-refractivity contribution in [3.8, 4) is 0 Å². The van der Waals surface area contributed by atoms with Gasteiger partial charge in [0.25, 0.3) is 0 Å². The predicted octanol–water partition coefficient (Wildman–Crippen LogP) is 4.32. The van der Waals surface area contributed by atoms with Crippen LogP contribution in [0.25, 0.3) is 10.9 Å². The molecule has 4 rings (SSSR count). The van der Waals surface area contributed by atoms with Crippen molar-refractivity contribution in [2.45, 2.75) is 51.5 Å². The van der Waals surface area contributed by atoms with Gasteiger partial charge in [-0.1, -0.05) is 26.0 Å². The molecule has 1 unspecified atom stereocenters. The monoisotopic (exact) mass is 384 g/mol. The highest BCUT2D eigenvalue weighted by Gasteiger charge is 2.42. The van der Waals surface area contributed by atoms with Gasteiger partial charge in [0.1, 0.15) is 0 Å². The number of hydrogen-bond donors (Lipinski definition) is 0. The Kier molecular flexibility index (Phi) is 5.06. The number of nitrogens with zero attached hydrogens (tertiary/aromatic N) is 2. The first-order valence-electron chi connectivity index (χ1n) is 10.0. The third kappa shape index (κ3) is 3.00. The number of aromatic nitrogens is 1. The predicted molar refractivity (Wildman–Crippen MR) is 112 cm³/mol. The van der Waals surface area contributed by atoms with Gasteiger partial charge in [0.15, 0.2) is 0 Å². The van der Waals surface area contributed by atoms with Crippen molar-refractivity contribution in [3.63, 3.8) is 0 Å². The summed E-state index contributed by atoms with van der Waals surface area (Å²) in [6, 6.07) is 6.58. The minimum Gasteiger partial charge on any atom is -0.338 e. The molecule has 2 aliphatic rings. The number of fused-ring (bicyclic) bond motifs is 2. The summed E-state index contributed by atoms with van der Waals surface area (Å²) in [5, 5.41) is 1.26. The lowest BCUT2D eigenvalue weighted by Gasteiger charge is -2.47. The smallest absolute Gasteiger partial charge is 0.230 e. The first-order chi connectivity index (χ1) is 13.1. The molecular weight excluding hydrogens is 356 g/mol. The molecule has 5 heteroatoms. The summed E-state index contributed by atoms with van der Waals surface area (Å²) in [7, 11) is 0. The maximum absolute atomic E-state index is 12.7. The van der Waals surface area contributed by atoms with Crippen molar-refractivity contribution < 1.29 is 9.59 Å². The zero-order valence-corrected chi connectivity index (χ0v) is 17.2. The van der Waals surface area contributed by atoms with E-state index in [1.54, 1.807) is 0 Å². The largest absolute Gasteiger partial charge is 0.338 e. The maximum atomic E-state index is 12.7. The number of amides is 1. The highest BCUT2D eigenvalue weighted by atomic mass is 32.2. The van der Waals surface area contributed by atoms with Gasteiger partial charge in [-0.25, -0.2) is 0 Å². The van der Waals surface area contributed by atoms with E-state index in [9.17, 15) is 9.59 Å². The molecule has 3 atom stereocenters. The van der Waals surface area contributed by atoms with Crippen molar-refractivity contribution in [1.29, 1.82) is 0 Å². The molecule has 2 heterocycles. The Morgan fingerprint density at radius 2 is 1.96 bits per heavy atom. The van der Waals surface area contributed by atoms with Gasteiger partial charge in [-0.15, -0.1) is 0 Å². The normalized spacial score (nSPS) is 24.1. The van der Waals surface area contributed by atoms with Crippen molar-refractivity contribution >= 4 is 34.5 Å².